The van der Waals surface area contributed by atoms with Gasteiger partial charge in [0.05, 0.1) is 5.69 Å². The lowest BCUT2D eigenvalue weighted by Crippen LogP contribution is -2.09. The molecule has 0 atom stereocenters. The van der Waals surface area contributed by atoms with Gasteiger partial charge < -0.3 is 9.72 Å². The maximum Gasteiger partial charge on any atom is 0.224 e. The van der Waals surface area contributed by atoms with E-state index in [0.29, 0.717) is 6.42 Å². The van der Waals surface area contributed by atoms with Crippen LogP contribution in [0.1, 0.15) is 18.9 Å². The highest BCUT2D eigenvalue weighted by atomic mass is 16.1. The van der Waals surface area contributed by atoms with Crippen LogP contribution in [0.25, 0.3) is 16.9 Å². The molecule has 1 amide bonds. The van der Waals surface area contributed by atoms with E-state index in [9.17, 15) is 4.79 Å². The van der Waals surface area contributed by atoms with Gasteiger partial charge in [-0.1, -0.05) is 25.1 Å². The Hall–Kier alpha value is -2.62. The van der Waals surface area contributed by atoms with Gasteiger partial charge in [-0.25, -0.2) is 4.98 Å². The maximum absolute atomic E-state index is 11.5. The van der Waals surface area contributed by atoms with Crippen molar-refractivity contribution in [2.45, 2.75) is 20.3 Å². The number of amides is 1. The smallest absolute Gasteiger partial charge is 0.224 e. The third-order valence-electron chi connectivity index (χ3n) is 3.36. The minimum absolute atomic E-state index is 0.0118. The molecule has 0 radical (unpaired) electrons. The average molecular weight is 279 g/mol. The molecule has 0 aliphatic carbocycles. The summed E-state index contributed by atoms with van der Waals surface area (Å²) in [4.78, 5) is 16.1. The number of carbonyl (C=O) groups excluding carboxylic acids is 1. The van der Waals surface area contributed by atoms with E-state index < -0.39 is 0 Å². The lowest BCUT2D eigenvalue weighted by molar-refractivity contribution is -0.115. The van der Waals surface area contributed by atoms with Crippen molar-refractivity contribution in [1.82, 2.24) is 9.38 Å². The molecule has 0 aliphatic rings. The first-order valence-electron chi connectivity index (χ1n) is 7.01. The molecule has 3 rings (SSSR count). The molecule has 4 nitrogen and oxygen atoms in total. The van der Waals surface area contributed by atoms with Crippen molar-refractivity contribution in [2.75, 3.05) is 5.32 Å². The predicted octanol–water partition coefficient (Wildman–Crippen LogP) is 3.66. The summed E-state index contributed by atoms with van der Waals surface area (Å²) in [5.41, 5.74) is 4.79. The van der Waals surface area contributed by atoms with Crippen LogP contribution in [-0.2, 0) is 4.79 Å². The largest absolute Gasteiger partial charge is 0.326 e. The van der Waals surface area contributed by atoms with Crippen LogP contribution in [0.2, 0.25) is 0 Å². The van der Waals surface area contributed by atoms with Crippen molar-refractivity contribution in [3.05, 3.63) is 54.4 Å². The summed E-state index contributed by atoms with van der Waals surface area (Å²) in [6.07, 6.45) is 4.52. The fraction of sp³-hybridized carbons (Fsp3) is 0.176. The second-order valence-electron chi connectivity index (χ2n) is 5.08. The molecule has 4 heteroatoms. The highest BCUT2D eigenvalue weighted by Gasteiger charge is 2.06. The quantitative estimate of drug-likeness (QED) is 0.795. The third kappa shape index (κ3) is 2.79. The van der Waals surface area contributed by atoms with Gasteiger partial charge in [0.2, 0.25) is 5.91 Å². The summed E-state index contributed by atoms with van der Waals surface area (Å²) in [6, 6.07) is 11.8. The molecule has 1 N–H and O–H groups in total. The number of fused-ring (bicyclic) bond motifs is 1. The van der Waals surface area contributed by atoms with E-state index in [1.54, 1.807) is 0 Å². The van der Waals surface area contributed by atoms with Crippen LogP contribution in [0.4, 0.5) is 5.69 Å². The van der Waals surface area contributed by atoms with Crippen molar-refractivity contribution in [2.24, 2.45) is 0 Å². The second-order valence-corrected chi connectivity index (χ2v) is 5.08. The summed E-state index contributed by atoms with van der Waals surface area (Å²) >= 11 is 0. The molecule has 0 bridgehead atoms. The number of pyridine rings is 1. The Kier molecular flexibility index (Phi) is 3.44. The Balaban J connectivity index is 1.98. The van der Waals surface area contributed by atoms with Gasteiger partial charge in [-0.15, -0.1) is 0 Å². The van der Waals surface area contributed by atoms with Gasteiger partial charge in [-0.2, -0.15) is 0 Å². The number of imidazole rings is 1. The highest BCUT2D eigenvalue weighted by molar-refractivity contribution is 5.91. The van der Waals surface area contributed by atoms with E-state index in [2.05, 4.69) is 23.4 Å². The summed E-state index contributed by atoms with van der Waals surface area (Å²) in [6.45, 7) is 3.89. The minimum Gasteiger partial charge on any atom is -0.326 e. The average Bonchev–Trinajstić information content (AvgIpc) is 2.90. The van der Waals surface area contributed by atoms with Gasteiger partial charge in [-0.3, -0.25) is 4.79 Å². The molecule has 0 unspecified atom stereocenters. The van der Waals surface area contributed by atoms with Gasteiger partial charge in [0.1, 0.15) is 5.65 Å². The number of rotatable bonds is 3. The molecule has 21 heavy (non-hydrogen) atoms. The monoisotopic (exact) mass is 279 g/mol. The van der Waals surface area contributed by atoms with Crippen LogP contribution in [0.3, 0.4) is 0 Å². The number of aromatic nitrogens is 2. The number of nitrogens with one attached hydrogen (secondary N) is 1. The number of aryl methyl sites for hydroxylation is 1. The molecule has 106 valence electrons. The van der Waals surface area contributed by atoms with E-state index in [1.165, 1.54) is 5.56 Å². The number of hydrogen-bond acceptors (Lipinski definition) is 2. The van der Waals surface area contributed by atoms with Crippen molar-refractivity contribution in [1.29, 1.82) is 0 Å². The van der Waals surface area contributed by atoms with E-state index in [1.807, 2.05) is 53.9 Å². The minimum atomic E-state index is 0.0118. The zero-order valence-corrected chi connectivity index (χ0v) is 12.1. The van der Waals surface area contributed by atoms with E-state index in [-0.39, 0.29) is 5.91 Å². The van der Waals surface area contributed by atoms with Gasteiger partial charge in [-0.05, 0) is 30.7 Å². The van der Waals surface area contributed by atoms with Gasteiger partial charge in [0, 0.05) is 30.1 Å². The molecule has 0 spiro atoms. The highest BCUT2D eigenvalue weighted by Crippen LogP contribution is 2.22. The summed E-state index contributed by atoms with van der Waals surface area (Å²) < 4.78 is 2.02. The number of anilines is 1. The fourth-order valence-corrected chi connectivity index (χ4v) is 2.25. The van der Waals surface area contributed by atoms with E-state index >= 15 is 0 Å². The Morgan fingerprint density at radius 3 is 2.90 bits per heavy atom. The first-order chi connectivity index (χ1) is 10.2. The summed E-state index contributed by atoms with van der Waals surface area (Å²) in [5.74, 6) is 0.0118. The summed E-state index contributed by atoms with van der Waals surface area (Å²) in [7, 11) is 0. The topological polar surface area (TPSA) is 46.4 Å². The Morgan fingerprint density at radius 1 is 1.24 bits per heavy atom. The molecule has 0 fully saturated rings. The van der Waals surface area contributed by atoms with Crippen molar-refractivity contribution in [3.63, 3.8) is 0 Å². The molecule has 1 aromatic carbocycles. The second kappa shape index (κ2) is 5.40. The molecule has 3 aromatic rings. The fourth-order valence-electron chi connectivity index (χ4n) is 2.25. The van der Waals surface area contributed by atoms with Crippen LogP contribution in [0.15, 0.2) is 48.8 Å². The van der Waals surface area contributed by atoms with Crippen LogP contribution >= 0.6 is 0 Å². The number of hydrogen-bond donors (Lipinski definition) is 1. The molecule has 0 aliphatic heterocycles. The molecule has 2 heterocycles. The van der Waals surface area contributed by atoms with Crippen molar-refractivity contribution >= 4 is 17.2 Å². The number of nitrogens with zero attached hydrogens (tertiary/aromatic N) is 2. The number of carbonyl (C=O) groups is 1. The van der Waals surface area contributed by atoms with Crippen LogP contribution < -0.4 is 5.32 Å². The zero-order chi connectivity index (χ0) is 14.8. The van der Waals surface area contributed by atoms with Gasteiger partial charge in [0.15, 0.2) is 0 Å². The summed E-state index contributed by atoms with van der Waals surface area (Å²) in [5, 5.41) is 2.87. The Morgan fingerprint density at radius 2 is 2.10 bits per heavy atom. The lowest BCUT2D eigenvalue weighted by Gasteiger charge is -2.04. The van der Waals surface area contributed by atoms with Crippen molar-refractivity contribution < 1.29 is 4.79 Å². The van der Waals surface area contributed by atoms with Crippen LogP contribution in [-0.4, -0.2) is 15.3 Å². The molecule has 0 saturated heterocycles. The zero-order valence-electron chi connectivity index (χ0n) is 12.1. The predicted molar refractivity (Wildman–Crippen MR) is 84.3 cm³/mol. The maximum atomic E-state index is 11.5. The molecule has 2 aromatic heterocycles. The normalized spacial score (nSPS) is 10.8. The van der Waals surface area contributed by atoms with Gasteiger partial charge >= 0.3 is 0 Å². The Bertz CT molecular complexity index is 805. The molecular weight excluding hydrogens is 262 g/mol. The molecule has 0 saturated carbocycles. The number of benzene rings is 1. The van der Waals surface area contributed by atoms with E-state index in [0.717, 1.165) is 22.6 Å². The lowest BCUT2D eigenvalue weighted by atomic mass is 10.1. The standard InChI is InChI=1S/C17H17N3O/c1-3-17(21)18-14-6-4-5-13(9-14)15-11-20-10-12(2)7-8-16(20)19-15/h4-11H,3H2,1-2H3,(H,18,21). The Labute approximate surface area is 123 Å². The van der Waals surface area contributed by atoms with Gasteiger partial charge in [0.25, 0.3) is 0 Å². The van der Waals surface area contributed by atoms with Crippen LogP contribution in [0, 0.1) is 6.92 Å². The third-order valence-corrected chi connectivity index (χ3v) is 3.36. The first-order valence-corrected chi connectivity index (χ1v) is 7.01. The van der Waals surface area contributed by atoms with E-state index in [4.69, 9.17) is 0 Å². The SMILES string of the molecule is CCC(=O)Nc1cccc(-c2cn3cc(C)ccc3n2)c1. The first kappa shape index (κ1) is 13.4. The van der Waals surface area contributed by atoms with Crippen LogP contribution in [0.5, 0.6) is 0 Å². The molecular formula is C17H17N3O. The van der Waals surface area contributed by atoms with Crippen molar-refractivity contribution in [3.8, 4) is 11.3 Å².